The molecule has 1 heterocycles. The van der Waals surface area contributed by atoms with Crippen molar-refractivity contribution in [1.29, 1.82) is 0 Å². The number of hydrogen-bond acceptors (Lipinski definition) is 3. The van der Waals surface area contributed by atoms with Gasteiger partial charge in [-0.3, -0.25) is 14.4 Å². The Morgan fingerprint density at radius 2 is 1.78 bits per heavy atom. The van der Waals surface area contributed by atoms with E-state index in [0.717, 1.165) is 24.3 Å². The van der Waals surface area contributed by atoms with Crippen molar-refractivity contribution < 1.29 is 14.4 Å². The maximum Gasteiger partial charge on any atom is 0.285 e. The molecule has 4 heteroatoms. The molecule has 18 heavy (non-hydrogen) atoms. The molecule has 2 amide bonds. The minimum atomic E-state index is -0.366. The Morgan fingerprint density at radius 3 is 2.33 bits per heavy atom. The topological polar surface area (TPSA) is 46.6 Å². The first-order valence-electron chi connectivity index (χ1n) is 6.08. The van der Waals surface area contributed by atoms with Gasteiger partial charge in [-0.15, -0.1) is 5.06 Å². The van der Waals surface area contributed by atoms with Gasteiger partial charge in [-0.05, 0) is 31.4 Å². The van der Waals surface area contributed by atoms with Gasteiger partial charge in [-0.25, -0.2) is 0 Å². The van der Waals surface area contributed by atoms with E-state index in [1.54, 1.807) is 24.3 Å². The van der Waals surface area contributed by atoms with E-state index in [9.17, 15) is 9.59 Å². The molecule has 1 aromatic rings. The van der Waals surface area contributed by atoms with Gasteiger partial charge in [0.2, 0.25) is 0 Å². The van der Waals surface area contributed by atoms with E-state index >= 15 is 0 Å². The van der Waals surface area contributed by atoms with Gasteiger partial charge in [-0.2, -0.15) is 0 Å². The van der Waals surface area contributed by atoms with E-state index in [1.807, 2.05) is 12.2 Å². The first kappa shape index (κ1) is 11.2. The maximum atomic E-state index is 12.0. The van der Waals surface area contributed by atoms with E-state index in [4.69, 9.17) is 4.84 Å². The number of carbonyl (C=O) groups is 2. The van der Waals surface area contributed by atoms with Crippen LogP contribution in [0.5, 0.6) is 0 Å². The summed E-state index contributed by atoms with van der Waals surface area (Å²) >= 11 is 0. The zero-order chi connectivity index (χ0) is 12.5. The van der Waals surface area contributed by atoms with Gasteiger partial charge in [0.1, 0.15) is 6.10 Å². The van der Waals surface area contributed by atoms with Crippen LogP contribution >= 0.6 is 0 Å². The van der Waals surface area contributed by atoms with Crippen LogP contribution in [-0.2, 0) is 4.84 Å². The third kappa shape index (κ3) is 1.75. The second kappa shape index (κ2) is 4.38. The van der Waals surface area contributed by atoms with Crippen LogP contribution in [0.3, 0.4) is 0 Å². The number of hydroxylamine groups is 2. The lowest BCUT2D eigenvalue weighted by Crippen LogP contribution is -2.34. The number of benzene rings is 1. The SMILES string of the molecule is O=C1c2ccccc2C(=O)N1O[C@H]1C=CCCC1. The third-order valence-corrected chi connectivity index (χ3v) is 3.21. The van der Waals surface area contributed by atoms with Crippen LogP contribution in [0.2, 0.25) is 0 Å². The van der Waals surface area contributed by atoms with Crippen molar-refractivity contribution in [3.8, 4) is 0 Å². The highest BCUT2D eigenvalue weighted by molar-refractivity contribution is 6.20. The summed E-state index contributed by atoms with van der Waals surface area (Å²) < 4.78 is 0. The molecule has 0 aromatic heterocycles. The Morgan fingerprint density at radius 1 is 1.11 bits per heavy atom. The average molecular weight is 243 g/mol. The van der Waals surface area contributed by atoms with Crippen LogP contribution < -0.4 is 0 Å². The molecule has 0 saturated carbocycles. The predicted molar refractivity (Wildman–Crippen MR) is 64.8 cm³/mol. The highest BCUT2D eigenvalue weighted by Crippen LogP contribution is 2.25. The number of imide groups is 1. The molecule has 1 atom stereocenters. The van der Waals surface area contributed by atoms with E-state index in [1.165, 1.54) is 0 Å². The number of nitrogens with zero attached hydrogens (tertiary/aromatic N) is 1. The molecular formula is C14H13NO3. The van der Waals surface area contributed by atoms with Crippen molar-refractivity contribution in [3.05, 3.63) is 47.5 Å². The van der Waals surface area contributed by atoms with Crippen LogP contribution in [-0.4, -0.2) is 23.0 Å². The molecule has 2 aliphatic rings. The summed E-state index contributed by atoms with van der Waals surface area (Å²) in [6.45, 7) is 0. The van der Waals surface area contributed by atoms with Gasteiger partial charge in [0.25, 0.3) is 11.8 Å². The smallest absolute Gasteiger partial charge is 0.266 e. The van der Waals surface area contributed by atoms with Crippen LogP contribution in [0.1, 0.15) is 40.0 Å². The number of amides is 2. The van der Waals surface area contributed by atoms with Crippen LogP contribution in [0.4, 0.5) is 0 Å². The fraction of sp³-hybridized carbons (Fsp3) is 0.286. The fourth-order valence-corrected chi connectivity index (χ4v) is 2.27. The van der Waals surface area contributed by atoms with Crippen LogP contribution in [0, 0.1) is 0 Å². The van der Waals surface area contributed by atoms with Gasteiger partial charge in [-0.1, -0.05) is 24.3 Å². The summed E-state index contributed by atoms with van der Waals surface area (Å²) in [5, 5.41) is 0.894. The summed E-state index contributed by atoms with van der Waals surface area (Å²) in [6, 6.07) is 6.79. The Hall–Kier alpha value is -1.94. The summed E-state index contributed by atoms with van der Waals surface area (Å²) in [4.78, 5) is 29.6. The van der Waals surface area contributed by atoms with Gasteiger partial charge < -0.3 is 0 Å². The normalized spacial score (nSPS) is 22.4. The molecule has 0 fully saturated rings. The van der Waals surface area contributed by atoms with Crippen molar-refractivity contribution >= 4 is 11.8 Å². The molecule has 0 N–H and O–H groups in total. The second-order valence-electron chi connectivity index (χ2n) is 4.45. The Labute approximate surface area is 105 Å². The van der Waals surface area contributed by atoms with Gasteiger partial charge in [0.15, 0.2) is 0 Å². The Bertz CT molecular complexity index is 501. The number of hydrogen-bond donors (Lipinski definition) is 0. The minimum Gasteiger partial charge on any atom is -0.266 e. The average Bonchev–Trinajstić information content (AvgIpc) is 2.66. The molecule has 0 saturated heterocycles. The Kier molecular flexibility index (Phi) is 2.72. The van der Waals surface area contributed by atoms with Crippen molar-refractivity contribution in [2.75, 3.05) is 0 Å². The minimum absolute atomic E-state index is 0.180. The standard InChI is InChI=1S/C14H13NO3/c16-13-11-8-4-5-9-12(11)14(17)15(13)18-10-6-2-1-3-7-10/h2,4-6,8-10H,1,3,7H2/t10-/m0/s1. The molecule has 0 unspecified atom stereocenters. The molecule has 1 aliphatic heterocycles. The van der Waals surface area contributed by atoms with Gasteiger partial charge in [0, 0.05) is 0 Å². The quantitative estimate of drug-likeness (QED) is 0.591. The third-order valence-electron chi connectivity index (χ3n) is 3.21. The summed E-state index contributed by atoms with van der Waals surface area (Å²) in [5.74, 6) is -0.732. The zero-order valence-electron chi connectivity index (χ0n) is 9.83. The first-order chi connectivity index (χ1) is 8.77. The van der Waals surface area contributed by atoms with Crippen molar-refractivity contribution in [3.63, 3.8) is 0 Å². The molecule has 4 nitrogen and oxygen atoms in total. The first-order valence-corrected chi connectivity index (χ1v) is 6.08. The molecule has 0 bridgehead atoms. The predicted octanol–water partition coefficient (Wildman–Crippen LogP) is 2.32. The van der Waals surface area contributed by atoms with E-state index in [0.29, 0.717) is 11.1 Å². The summed E-state index contributed by atoms with van der Waals surface area (Å²) in [7, 11) is 0. The molecule has 0 radical (unpaired) electrons. The van der Waals surface area contributed by atoms with Crippen molar-refractivity contribution in [2.45, 2.75) is 25.4 Å². The molecule has 3 rings (SSSR count). The molecular weight excluding hydrogens is 230 g/mol. The number of allylic oxidation sites excluding steroid dienone is 1. The zero-order valence-corrected chi connectivity index (χ0v) is 9.83. The Balaban J connectivity index is 1.83. The largest absolute Gasteiger partial charge is 0.285 e. The van der Waals surface area contributed by atoms with Gasteiger partial charge in [0.05, 0.1) is 11.1 Å². The fourth-order valence-electron chi connectivity index (χ4n) is 2.27. The van der Waals surface area contributed by atoms with Crippen molar-refractivity contribution in [1.82, 2.24) is 5.06 Å². The molecule has 1 aromatic carbocycles. The highest BCUT2D eigenvalue weighted by atomic mass is 16.7. The monoisotopic (exact) mass is 243 g/mol. The van der Waals surface area contributed by atoms with Gasteiger partial charge >= 0.3 is 0 Å². The number of rotatable bonds is 2. The number of fused-ring (bicyclic) bond motifs is 1. The second-order valence-corrected chi connectivity index (χ2v) is 4.45. The van der Waals surface area contributed by atoms with E-state index in [2.05, 4.69) is 0 Å². The molecule has 92 valence electrons. The maximum absolute atomic E-state index is 12.0. The summed E-state index contributed by atoms with van der Waals surface area (Å²) in [6.07, 6.45) is 6.64. The van der Waals surface area contributed by atoms with E-state index < -0.39 is 0 Å². The van der Waals surface area contributed by atoms with E-state index in [-0.39, 0.29) is 17.9 Å². The van der Waals surface area contributed by atoms with Crippen LogP contribution in [0.15, 0.2) is 36.4 Å². The lowest BCUT2D eigenvalue weighted by atomic mass is 10.1. The highest BCUT2D eigenvalue weighted by Gasteiger charge is 2.37. The lowest BCUT2D eigenvalue weighted by Gasteiger charge is -2.21. The summed E-state index contributed by atoms with van der Waals surface area (Å²) in [5.41, 5.74) is 0.838. The van der Waals surface area contributed by atoms with Crippen LogP contribution in [0.25, 0.3) is 0 Å². The molecule has 1 aliphatic carbocycles. The van der Waals surface area contributed by atoms with Crippen molar-refractivity contribution in [2.24, 2.45) is 0 Å². The molecule has 0 spiro atoms. The lowest BCUT2D eigenvalue weighted by molar-refractivity contribution is -0.119. The number of carbonyl (C=O) groups excluding carboxylic acids is 2.